The van der Waals surface area contributed by atoms with E-state index in [9.17, 15) is 0 Å². The standard InChI is InChI=1S/CH3.O.Pd.Pt/h1H3;;;/q-1;;;. The molecule has 3 heteroatoms. The minimum Gasteiger partial charge on any atom is 0 e. The Balaban J connectivity index is -0.00000000500. The number of hydrogen-bond donors (Lipinski definition) is 0. The molecule has 0 fully saturated rings. The van der Waals surface area contributed by atoms with Crippen molar-refractivity contribution in [3.8, 4) is 0 Å². The average molecular weight is 333 g/mol. The van der Waals surface area contributed by atoms with E-state index >= 15 is 0 Å². The molecule has 0 spiro atoms. The molecule has 0 aromatic carbocycles. The van der Waals surface area contributed by atoms with E-state index in [1.54, 1.807) is 0 Å². The van der Waals surface area contributed by atoms with Gasteiger partial charge in [0, 0.05) is 20.4 Å². The normalized spacial score (nSPS) is 1.50. The van der Waals surface area contributed by atoms with Crippen LogP contribution in [0, 0.1) is 7.43 Å². The topological polar surface area (TPSA) is 17.1 Å². The van der Waals surface area contributed by atoms with Crippen LogP contribution in [0.25, 0.3) is 0 Å². The van der Waals surface area contributed by atoms with E-state index in [1.165, 1.54) is 0 Å². The molecule has 0 N–H and O–H groups in total. The Kier molecular flexibility index (Phi) is 149. The van der Waals surface area contributed by atoms with Crippen LogP contribution < -0.4 is 0 Å². The molecule has 0 aromatic rings. The quantitative estimate of drug-likeness (QED) is 0.461. The van der Waals surface area contributed by atoms with Crippen LogP contribution in [0.15, 0.2) is 0 Å². The fraction of sp³-hybridized carbons (Fsp3) is 0. The van der Waals surface area contributed by atoms with E-state index in [0.717, 1.165) is 19.8 Å². The summed E-state index contributed by atoms with van der Waals surface area (Å²) >= 11 is 0.889. The molecule has 0 rings (SSSR count). The zero-order valence-electron chi connectivity index (χ0n) is 2.04. The van der Waals surface area contributed by atoms with Crippen molar-refractivity contribution in [2.24, 2.45) is 0 Å². The Labute approximate surface area is 51.0 Å². The Morgan fingerprint density at radius 2 is 1.25 bits per heavy atom. The van der Waals surface area contributed by atoms with E-state index < -0.39 is 0 Å². The van der Waals surface area contributed by atoms with E-state index in [2.05, 4.69) is 0 Å². The van der Waals surface area contributed by atoms with Crippen LogP contribution in [0.1, 0.15) is 0 Å². The van der Waals surface area contributed by atoms with Gasteiger partial charge in [0.15, 0.2) is 0 Å². The molecule has 34 valence electrons. The van der Waals surface area contributed by atoms with E-state index in [0.29, 0.717) is 0 Å². The van der Waals surface area contributed by atoms with Crippen LogP contribution >= 0.6 is 0 Å². The summed E-state index contributed by atoms with van der Waals surface area (Å²) in [5.41, 5.74) is 0. The van der Waals surface area contributed by atoms with E-state index in [4.69, 9.17) is 3.40 Å². The van der Waals surface area contributed by atoms with Gasteiger partial charge in [0.2, 0.25) is 0 Å². The molecule has 0 bridgehead atoms. The van der Waals surface area contributed by atoms with Gasteiger partial charge < -0.3 is 7.43 Å². The first-order valence-electron chi connectivity index (χ1n) is 0.129. The third kappa shape index (κ3) is 11.0. The molecule has 0 unspecified atom stereocenters. The van der Waals surface area contributed by atoms with Crippen molar-refractivity contribution in [3.05, 3.63) is 7.43 Å². The van der Waals surface area contributed by atoms with Gasteiger partial charge in [-0.05, 0) is 0 Å². The molecule has 0 atom stereocenters. The molecule has 0 amide bonds. The Bertz CT molecular complexity index is 8.00. The Morgan fingerprint density at radius 1 is 1.25 bits per heavy atom. The molecule has 1 nitrogen and oxygen atoms in total. The Morgan fingerprint density at radius 3 is 1.25 bits per heavy atom. The maximum atomic E-state index is 8.22. The fourth-order valence-electron chi connectivity index (χ4n) is 0. The van der Waals surface area contributed by atoms with Crippen LogP contribution in [0.2, 0.25) is 0 Å². The second-order valence-electron chi connectivity index (χ2n) is 0. The summed E-state index contributed by atoms with van der Waals surface area (Å²) < 4.78 is 8.22. The van der Waals surface area contributed by atoms with Crippen LogP contribution in [0.5, 0.6) is 0 Å². The molecule has 0 radical (unpaired) electrons. The van der Waals surface area contributed by atoms with Gasteiger partial charge in [-0.3, -0.25) is 0 Å². The van der Waals surface area contributed by atoms with Crippen molar-refractivity contribution in [1.29, 1.82) is 0 Å². The zero-order chi connectivity index (χ0) is 2.00. The minimum atomic E-state index is 0. The molecule has 0 heterocycles. The predicted octanol–water partition coefficient (Wildman–Crippen LogP) is 0.326. The van der Waals surface area contributed by atoms with Crippen molar-refractivity contribution in [2.45, 2.75) is 0 Å². The summed E-state index contributed by atoms with van der Waals surface area (Å²) in [5, 5.41) is 0. The first kappa shape index (κ1) is 19.2. The van der Waals surface area contributed by atoms with Crippen molar-refractivity contribution in [3.63, 3.8) is 0 Å². The summed E-state index contributed by atoms with van der Waals surface area (Å²) in [7, 11) is 0. The molecule has 0 aromatic heterocycles. The van der Waals surface area contributed by atoms with Crippen LogP contribution in [0.4, 0.5) is 0 Å². The van der Waals surface area contributed by atoms with Crippen molar-refractivity contribution >= 4 is 0 Å². The summed E-state index contributed by atoms with van der Waals surface area (Å²) in [6, 6.07) is 0. The molecule has 0 aliphatic rings. The summed E-state index contributed by atoms with van der Waals surface area (Å²) in [4.78, 5) is 0. The third-order valence-corrected chi connectivity index (χ3v) is 0. The van der Waals surface area contributed by atoms with Crippen LogP contribution in [-0.4, -0.2) is 0 Å². The van der Waals surface area contributed by atoms with Gasteiger partial charge in [0.25, 0.3) is 0 Å². The first-order valence-corrected chi connectivity index (χ1v) is 1.06. The van der Waals surface area contributed by atoms with Gasteiger partial charge in [-0.25, -0.2) is 0 Å². The van der Waals surface area contributed by atoms with Crippen LogP contribution in [-0.2, 0) is 43.6 Å². The largest absolute Gasteiger partial charge is 0 e. The molecule has 0 aliphatic carbocycles. The summed E-state index contributed by atoms with van der Waals surface area (Å²) in [6.07, 6.45) is 0. The van der Waals surface area contributed by atoms with Gasteiger partial charge in [0.05, 0.1) is 0 Å². The monoisotopic (exact) mass is 332 g/mol. The van der Waals surface area contributed by atoms with Crippen LogP contribution in [0.3, 0.4) is 0 Å². The second kappa shape index (κ2) is 31.1. The predicted molar refractivity (Wildman–Crippen MR) is 7.10 cm³/mol. The van der Waals surface area contributed by atoms with Gasteiger partial charge in [0.1, 0.15) is 0 Å². The molecular weight excluding hydrogens is 330 g/mol. The SMILES string of the molecule is [CH3-].[O]=[Pt].[Pd]. The van der Waals surface area contributed by atoms with Crippen molar-refractivity contribution < 1.29 is 43.6 Å². The van der Waals surface area contributed by atoms with E-state index in [1.807, 2.05) is 0 Å². The third-order valence-electron chi connectivity index (χ3n) is 0. The van der Waals surface area contributed by atoms with Gasteiger partial charge >= 0.3 is 23.2 Å². The maximum absolute atomic E-state index is 8.22. The molecule has 0 aliphatic heterocycles. The first-order chi connectivity index (χ1) is 1.00. The summed E-state index contributed by atoms with van der Waals surface area (Å²) in [6.45, 7) is 0. The minimum absolute atomic E-state index is 0. The number of rotatable bonds is 0. The van der Waals surface area contributed by atoms with Gasteiger partial charge in [-0.15, -0.1) is 0 Å². The molecule has 0 saturated heterocycles. The molecular formula is CH3OPdPt-. The maximum Gasteiger partial charge on any atom is 0 e. The fourth-order valence-corrected chi connectivity index (χ4v) is 0. The van der Waals surface area contributed by atoms with Crippen molar-refractivity contribution in [2.75, 3.05) is 0 Å². The molecule has 4 heavy (non-hydrogen) atoms. The van der Waals surface area contributed by atoms with Gasteiger partial charge in [-0.1, -0.05) is 0 Å². The summed E-state index contributed by atoms with van der Waals surface area (Å²) in [5.74, 6) is 0. The smallest absolute Gasteiger partial charge is 0 e. The van der Waals surface area contributed by atoms with Crippen molar-refractivity contribution in [1.82, 2.24) is 0 Å². The zero-order valence-corrected chi connectivity index (χ0v) is 5.87. The second-order valence-corrected chi connectivity index (χ2v) is 0. The Hall–Kier alpha value is 1.15. The van der Waals surface area contributed by atoms with E-state index in [-0.39, 0.29) is 27.8 Å². The van der Waals surface area contributed by atoms with Gasteiger partial charge in [-0.2, -0.15) is 0 Å². The molecule has 0 saturated carbocycles. The number of hydrogen-bond acceptors (Lipinski definition) is 1. The average Bonchev–Trinajstić information content (AvgIpc) is 1.00.